The third-order valence-electron chi connectivity index (χ3n) is 3.68. The van der Waals surface area contributed by atoms with Gasteiger partial charge < -0.3 is 5.11 Å². The van der Waals surface area contributed by atoms with Crippen LogP contribution in [0, 0.1) is 0 Å². The van der Waals surface area contributed by atoms with Crippen molar-refractivity contribution in [2.45, 2.75) is 44.9 Å². The van der Waals surface area contributed by atoms with Crippen LogP contribution in [-0.2, 0) is 10.2 Å². The number of hydrogen-bond donors (Lipinski definition) is 1. The standard InChI is InChI=1S/C16H21NO2/c1-16(2)12-17(11-7-3-4-10-15(18)19)14-9-6-5-8-13(14)16/h5-6,8-9,12H,3-4,7,10-11H2,1-2H3/p+1. The second kappa shape index (κ2) is 5.55. The molecule has 0 aliphatic carbocycles. The van der Waals surface area contributed by atoms with Gasteiger partial charge in [-0.05, 0) is 26.7 Å². The van der Waals surface area contributed by atoms with E-state index in [0.717, 1.165) is 25.8 Å². The molecule has 3 heteroatoms. The van der Waals surface area contributed by atoms with Gasteiger partial charge in [-0.2, -0.15) is 0 Å². The van der Waals surface area contributed by atoms with Crippen molar-refractivity contribution in [1.29, 1.82) is 0 Å². The minimum atomic E-state index is -0.695. The van der Waals surface area contributed by atoms with Gasteiger partial charge in [-0.15, -0.1) is 0 Å². The lowest BCUT2D eigenvalue weighted by atomic mass is 9.87. The van der Waals surface area contributed by atoms with E-state index in [2.05, 4.69) is 48.9 Å². The van der Waals surface area contributed by atoms with E-state index in [1.54, 1.807) is 0 Å². The Morgan fingerprint density at radius 3 is 2.68 bits per heavy atom. The lowest BCUT2D eigenvalue weighted by Crippen LogP contribution is -2.17. The van der Waals surface area contributed by atoms with Crippen molar-refractivity contribution in [2.24, 2.45) is 0 Å². The summed E-state index contributed by atoms with van der Waals surface area (Å²) in [6, 6.07) is 8.52. The van der Waals surface area contributed by atoms with Crippen LogP contribution in [0.2, 0.25) is 0 Å². The van der Waals surface area contributed by atoms with Crippen molar-refractivity contribution >= 4 is 17.9 Å². The zero-order chi connectivity index (χ0) is 13.9. The second-order valence-electron chi connectivity index (χ2n) is 5.77. The normalized spacial score (nSPS) is 16.0. The first kappa shape index (κ1) is 13.8. The fourth-order valence-electron chi connectivity index (χ4n) is 2.72. The molecule has 19 heavy (non-hydrogen) atoms. The van der Waals surface area contributed by atoms with Crippen molar-refractivity contribution in [2.75, 3.05) is 6.54 Å². The summed E-state index contributed by atoms with van der Waals surface area (Å²) in [5.74, 6) is -0.695. The van der Waals surface area contributed by atoms with Crippen molar-refractivity contribution in [3.8, 4) is 0 Å². The summed E-state index contributed by atoms with van der Waals surface area (Å²) in [7, 11) is 0. The van der Waals surface area contributed by atoms with Crippen LogP contribution in [0.25, 0.3) is 0 Å². The van der Waals surface area contributed by atoms with Gasteiger partial charge in [0.15, 0.2) is 6.21 Å². The van der Waals surface area contributed by atoms with Crippen molar-refractivity contribution in [1.82, 2.24) is 0 Å². The summed E-state index contributed by atoms with van der Waals surface area (Å²) < 4.78 is 2.32. The molecule has 1 aromatic rings. The third kappa shape index (κ3) is 3.22. The molecular formula is C16H22NO2+. The van der Waals surface area contributed by atoms with E-state index in [1.807, 2.05) is 0 Å². The van der Waals surface area contributed by atoms with E-state index in [4.69, 9.17) is 5.11 Å². The van der Waals surface area contributed by atoms with Crippen molar-refractivity contribution in [3.05, 3.63) is 29.8 Å². The molecule has 0 radical (unpaired) electrons. The first-order valence-electron chi connectivity index (χ1n) is 6.95. The van der Waals surface area contributed by atoms with Crippen molar-refractivity contribution < 1.29 is 14.5 Å². The molecule has 1 aliphatic rings. The van der Waals surface area contributed by atoms with E-state index in [1.165, 1.54) is 11.3 Å². The van der Waals surface area contributed by atoms with Gasteiger partial charge in [0.25, 0.3) is 0 Å². The Kier molecular flexibility index (Phi) is 4.03. The summed E-state index contributed by atoms with van der Waals surface area (Å²) >= 11 is 0. The number of fused-ring (bicyclic) bond motifs is 1. The maximum Gasteiger partial charge on any atom is 0.303 e. The second-order valence-corrected chi connectivity index (χ2v) is 5.77. The lowest BCUT2D eigenvalue weighted by Gasteiger charge is -2.09. The quantitative estimate of drug-likeness (QED) is 0.629. The van der Waals surface area contributed by atoms with Crippen LogP contribution < -0.4 is 0 Å². The van der Waals surface area contributed by atoms with Gasteiger partial charge in [0.05, 0.1) is 5.41 Å². The highest BCUT2D eigenvalue weighted by Crippen LogP contribution is 2.35. The maximum atomic E-state index is 10.5. The average molecular weight is 260 g/mol. The van der Waals surface area contributed by atoms with Gasteiger partial charge >= 0.3 is 5.97 Å². The Balaban J connectivity index is 1.93. The van der Waals surface area contributed by atoms with Gasteiger partial charge in [-0.3, -0.25) is 4.79 Å². The van der Waals surface area contributed by atoms with Crippen LogP contribution in [0.15, 0.2) is 24.3 Å². The van der Waals surface area contributed by atoms with Gasteiger partial charge in [0, 0.05) is 24.5 Å². The summed E-state index contributed by atoms with van der Waals surface area (Å²) in [5, 5.41) is 8.61. The molecule has 0 saturated heterocycles. The third-order valence-corrected chi connectivity index (χ3v) is 3.68. The minimum Gasteiger partial charge on any atom is -0.481 e. The Morgan fingerprint density at radius 1 is 1.21 bits per heavy atom. The fraction of sp³-hybridized carbons (Fsp3) is 0.500. The van der Waals surface area contributed by atoms with E-state index in [0.29, 0.717) is 0 Å². The van der Waals surface area contributed by atoms with Gasteiger partial charge in [-0.1, -0.05) is 18.2 Å². The predicted molar refractivity (Wildman–Crippen MR) is 76.4 cm³/mol. The number of para-hydroxylation sites is 1. The number of nitrogens with zero attached hydrogens (tertiary/aromatic N) is 1. The molecule has 3 nitrogen and oxygen atoms in total. The lowest BCUT2D eigenvalue weighted by molar-refractivity contribution is -0.434. The number of hydrogen-bond acceptors (Lipinski definition) is 1. The molecule has 102 valence electrons. The molecule has 0 amide bonds. The number of rotatable bonds is 6. The number of carboxylic acid groups (broad SMARTS) is 1. The number of unbranched alkanes of at least 4 members (excludes halogenated alkanes) is 2. The molecule has 1 aromatic carbocycles. The van der Waals surface area contributed by atoms with E-state index in [-0.39, 0.29) is 11.8 Å². The number of benzene rings is 1. The highest BCUT2D eigenvalue weighted by Gasteiger charge is 2.36. The number of aliphatic carboxylic acids is 1. The Hall–Kier alpha value is -1.64. The molecule has 0 aromatic heterocycles. The van der Waals surface area contributed by atoms with Crippen LogP contribution >= 0.6 is 0 Å². The van der Waals surface area contributed by atoms with Crippen LogP contribution in [-0.4, -0.2) is 28.4 Å². The minimum absolute atomic E-state index is 0.0949. The number of carboxylic acids is 1. The summed E-state index contributed by atoms with van der Waals surface area (Å²) in [6.07, 6.45) is 5.35. The Bertz CT molecular complexity index is 503. The smallest absolute Gasteiger partial charge is 0.303 e. The maximum absolute atomic E-state index is 10.5. The zero-order valence-electron chi connectivity index (χ0n) is 11.7. The number of carbonyl (C=O) groups is 1. The molecule has 1 aliphatic heterocycles. The zero-order valence-corrected chi connectivity index (χ0v) is 11.7. The monoisotopic (exact) mass is 260 g/mol. The van der Waals surface area contributed by atoms with Crippen molar-refractivity contribution in [3.63, 3.8) is 0 Å². The first-order chi connectivity index (χ1) is 9.00. The molecule has 0 saturated carbocycles. The fourth-order valence-corrected chi connectivity index (χ4v) is 2.72. The van der Waals surface area contributed by atoms with Gasteiger partial charge in [0.1, 0.15) is 6.54 Å². The molecule has 1 heterocycles. The molecule has 0 bridgehead atoms. The van der Waals surface area contributed by atoms with E-state index in [9.17, 15) is 4.79 Å². The van der Waals surface area contributed by atoms with E-state index >= 15 is 0 Å². The molecule has 0 fully saturated rings. The molecule has 2 rings (SSSR count). The van der Waals surface area contributed by atoms with Crippen LogP contribution in [0.5, 0.6) is 0 Å². The summed E-state index contributed by atoms with van der Waals surface area (Å²) in [5.41, 5.74) is 2.77. The Morgan fingerprint density at radius 2 is 1.95 bits per heavy atom. The molecule has 0 unspecified atom stereocenters. The first-order valence-corrected chi connectivity index (χ1v) is 6.95. The molecular weight excluding hydrogens is 238 g/mol. The summed E-state index contributed by atoms with van der Waals surface area (Å²) in [4.78, 5) is 10.5. The molecule has 1 N–H and O–H groups in total. The van der Waals surface area contributed by atoms with E-state index < -0.39 is 5.97 Å². The topological polar surface area (TPSA) is 40.3 Å². The van der Waals surface area contributed by atoms with Gasteiger partial charge in [0.2, 0.25) is 5.69 Å². The summed E-state index contributed by atoms with van der Waals surface area (Å²) in [6.45, 7) is 5.44. The van der Waals surface area contributed by atoms with Crippen LogP contribution in [0.3, 0.4) is 0 Å². The SMILES string of the molecule is CC1(C)C=[N+](CCCCCC(=O)O)c2ccccc21. The highest BCUT2D eigenvalue weighted by atomic mass is 16.4. The molecule has 0 atom stereocenters. The predicted octanol–water partition coefficient (Wildman–Crippen LogP) is 3.34. The molecule has 0 spiro atoms. The Labute approximate surface area is 114 Å². The van der Waals surface area contributed by atoms with Crippen LogP contribution in [0.1, 0.15) is 45.1 Å². The highest BCUT2D eigenvalue weighted by molar-refractivity contribution is 5.76. The van der Waals surface area contributed by atoms with Crippen LogP contribution in [0.4, 0.5) is 5.69 Å². The largest absolute Gasteiger partial charge is 0.481 e. The van der Waals surface area contributed by atoms with Gasteiger partial charge in [-0.25, -0.2) is 4.58 Å². The average Bonchev–Trinajstić information content (AvgIpc) is 2.61.